The van der Waals surface area contributed by atoms with Gasteiger partial charge in [0.2, 0.25) is 11.6 Å². The summed E-state index contributed by atoms with van der Waals surface area (Å²) in [5, 5.41) is 18.3. The second kappa shape index (κ2) is 5.49. The summed E-state index contributed by atoms with van der Waals surface area (Å²) >= 11 is 5.59. The zero-order valence-corrected chi connectivity index (χ0v) is 10.5. The number of hydrogen-bond acceptors (Lipinski definition) is 6. The Kier molecular flexibility index (Phi) is 3.76. The van der Waals surface area contributed by atoms with Gasteiger partial charge in [0.1, 0.15) is 5.75 Å². The molecule has 0 atom stereocenters. The number of nitro groups is 1. The van der Waals surface area contributed by atoms with E-state index in [1.54, 1.807) is 0 Å². The van der Waals surface area contributed by atoms with E-state index in [1.165, 1.54) is 37.4 Å². The third-order valence-electron chi connectivity index (χ3n) is 2.19. The molecule has 0 saturated carbocycles. The molecule has 2 aromatic rings. The quantitative estimate of drug-likeness (QED) is 0.632. The molecule has 0 aliphatic rings. The molecule has 0 saturated heterocycles. The summed E-state index contributed by atoms with van der Waals surface area (Å²) < 4.78 is 10.3. The average Bonchev–Trinajstić information content (AvgIpc) is 2.41. The van der Waals surface area contributed by atoms with Gasteiger partial charge in [-0.2, -0.15) is 0 Å². The summed E-state index contributed by atoms with van der Waals surface area (Å²) in [6.45, 7) is 0. The molecule has 0 aliphatic carbocycles. The Morgan fingerprint density at radius 1 is 1.26 bits per heavy atom. The van der Waals surface area contributed by atoms with Gasteiger partial charge in [0, 0.05) is 18.2 Å². The molecule has 1 aromatic heterocycles. The molecule has 0 amide bonds. The molecule has 0 unspecified atom stereocenters. The molecule has 0 fully saturated rings. The van der Waals surface area contributed by atoms with Crippen molar-refractivity contribution in [1.29, 1.82) is 0 Å². The molecule has 7 nitrogen and oxygen atoms in total. The predicted molar refractivity (Wildman–Crippen MR) is 66.8 cm³/mol. The number of ether oxygens (including phenoxy) is 2. The highest BCUT2D eigenvalue weighted by atomic mass is 35.5. The molecule has 2 rings (SSSR count). The zero-order valence-electron chi connectivity index (χ0n) is 9.74. The number of halogens is 1. The summed E-state index contributed by atoms with van der Waals surface area (Å²) in [6.07, 6.45) is 0. The standard InChI is InChI=1S/C11H8ClN3O4/c1-18-7-2-3-8(15(16)17)9(6-7)19-11-5-4-10(12)13-14-11/h2-6H,1H3. The van der Waals surface area contributed by atoms with Gasteiger partial charge in [0.15, 0.2) is 5.15 Å². The first-order chi connectivity index (χ1) is 9.10. The largest absolute Gasteiger partial charge is 0.497 e. The average molecular weight is 282 g/mol. The highest BCUT2D eigenvalue weighted by Crippen LogP contribution is 2.33. The Hall–Kier alpha value is -2.41. The SMILES string of the molecule is COc1ccc([N+](=O)[O-])c(Oc2ccc(Cl)nn2)c1. The van der Waals surface area contributed by atoms with Crippen molar-refractivity contribution < 1.29 is 14.4 Å². The second-order valence-corrected chi connectivity index (χ2v) is 3.77. The molecule has 0 bridgehead atoms. The smallest absolute Gasteiger partial charge is 0.311 e. The van der Waals surface area contributed by atoms with Gasteiger partial charge in [-0.3, -0.25) is 10.1 Å². The Morgan fingerprint density at radius 2 is 2.05 bits per heavy atom. The van der Waals surface area contributed by atoms with Crippen molar-refractivity contribution in [1.82, 2.24) is 10.2 Å². The van der Waals surface area contributed by atoms with Crippen LogP contribution in [0.15, 0.2) is 30.3 Å². The Balaban J connectivity index is 2.36. The van der Waals surface area contributed by atoms with Crippen LogP contribution in [0.3, 0.4) is 0 Å². The topological polar surface area (TPSA) is 87.4 Å². The van der Waals surface area contributed by atoms with E-state index in [-0.39, 0.29) is 22.5 Å². The first-order valence-corrected chi connectivity index (χ1v) is 5.47. The van der Waals surface area contributed by atoms with Crippen LogP contribution in [0.2, 0.25) is 5.15 Å². The summed E-state index contributed by atoms with van der Waals surface area (Å²) in [4.78, 5) is 10.3. The number of benzene rings is 1. The van der Waals surface area contributed by atoms with Crippen molar-refractivity contribution in [2.24, 2.45) is 0 Å². The minimum absolute atomic E-state index is 0.0148. The Morgan fingerprint density at radius 3 is 2.63 bits per heavy atom. The molecule has 19 heavy (non-hydrogen) atoms. The zero-order chi connectivity index (χ0) is 13.8. The summed E-state index contributed by atoms with van der Waals surface area (Å²) in [5.74, 6) is 0.546. The first-order valence-electron chi connectivity index (χ1n) is 5.09. The van der Waals surface area contributed by atoms with E-state index in [0.717, 1.165) is 0 Å². The fraction of sp³-hybridized carbons (Fsp3) is 0.0909. The summed E-state index contributed by atoms with van der Waals surface area (Å²) in [7, 11) is 1.45. The van der Waals surface area contributed by atoms with Crippen LogP contribution in [0.5, 0.6) is 17.4 Å². The van der Waals surface area contributed by atoms with Crippen molar-refractivity contribution >= 4 is 17.3 Å². The van der Waals surface area contributed by atoms with Gasteiger partial charge in [-0.15, -0.1) is 10.2 Å². The van der Waals surface area contributed by atoms with Crippen LogP contribution in [0, 0.1) is 10.1 Å². The van der Waals surface area contributed by atoms with Crippen LogP contribution in [0.1, 0.15) is 0 Å². The van der Waals surface area contributed by atoms with Gasteiger partial charge in [0.25, 0.3) is 0 Å². The monoisotopic (exact) mass is 281 g/mol. The first kappa shape index (κ1) is 13.0. The number of hydrogen-bond donors (Lipinski definition) is 0. The lowest BCUT2D eigenvalue weighted by Crippen LogP contribution is -1.96. The van der Waals surface area contributed by atoms with Crippen molar-refractivity contribution in [2.75, 3.05) is 7.11 Å². The molecule has 98 valence electrons. The third kappa shape index (κ3) is 3.08. The van der Waals surface area contributed by atoms with Crippen molar-refractivity contribution in [2.45, 2.75) is 0 Å². The maximum Gasteiger partial charge on any atom is 0.311 e. The lowest BCUT2D eigenvalue weighted by Gasteiger charge is -2.06. The molecular formula is C11H8ClN3O4. The van der Waals surface area contributed by atoms with Crippen LogP contribution >= 0.6 is 11.6 Å². The van der Waals surface area contributed by atoms with E-state index in [2.05, 4.69) is 10.2 Å². The molecule has 8 heteroatoms. The molecule has 0 N–H and O–H groups in total. The fourth-order valence-corrected chi connectivity index (χ4v) is 1.43. The lowest BCUT2D eigenvalue weighted by atomic mass is 10.3. The van der Waals surface area contributed by atoms with Crippen molar-refractivity contribution in [3.63, 3.8) is 0 Å². The summed E-state index contributed by atoms with van der Waals surface area (Å²) in [6, 6.07) is 7.08. The summed E-state index contributed by atoms with van der Waals surface area (Å²) in [5.41, 5.74) is -0.197. The number of nitro benzene ring substituents is 1. The molecule has 1 heterocycles. The Labute approximate surface area is 112 Å². The van der Waals surface area contributed by atoms with E-state index >= 15 is 0 Å². The maximum atomic E-state index is 10.9. The number of rotatable bonds is 4. The lowest BCUT2D eigenvalue weighted by molar-refractivity contribution is -0.385. The van der Waals surface area contributed by atoms with Crippen molar-refractivity contribution in [3.05, 3.63) is 45.6 Å². The van der Waals surface area contributed by atoms with E-state index in [1.807, 2.05) is 0 Å². The molecule has 0 radical (unpaired) electrons. The minimum Gasteiger partial charge on any atom is -0.497 e. The highest BCUT2D eigenvalue weighted by molar-refractivity contribution is 6.29. The van der Waals surface area contributed by atoms with E-state index in [9.17, 15) is 10.1 Å². The fourth-order valence-electron chi connectivity index (χ4n) is 1.32. The van der Waals surface area contributed by atoms with Gasteiger partial charge in [-0.05, 0) is 12.1 Å². The van der Waals surface area contributed by atoms with E-state index in [0.29, 0.717) is 5.75 Å². The van der Waals surface area contributed by atoms with Crippen LogP contribution < -0.4 is 9.47 Å². The normalized spacial score (nSPS) is 10.0. The van der Waals surface area contributed by atoms with Gasteiger partial charge in [-0.25, -0.2) is 0 Å². The maximum absolute atomic E-state index is 10.9. The Bertz CT molecular complexity index is 603. The molecule has 1 aromatic carbocycles. The van der Waals surface area contributed by atoms with Gasteiger partial charge < -0.3 is 9.47 Å². The minimum atomic E-state index is -0.557. The number of aromatic nitrogens is 2. The number of methoxy groups -OCH3 is 1. The van der Waals surface area contributed by atoms with Gasteiger partial charge >= 0.3 is 5.69 Å². The van der Waals surface area contributed by atoms with Crippen LogP contribution in [0.25, 0.3) is 0 Å². The van der Waals surface area contributed by atoms with Gasteiger partial charge in [0.05, 0.1) is 12.0 Å². The van der Waals surface area contributed by atoms with Crippen LogP contribution in [0.4, 0.5) is 5.69 Å². The third-order valence-corrected chi connectivity index (χ3v) is 2.39. The molecule has 0 aliphatic heterocycles. The van der Waals surface area contributed by atoms with Crippen LogP contribution in [-0.2, 0) is 0 Å². The van der Waals surface area contributed by atoms with Crippen molar-refractivity contribution in [3.8, 4) is 17.4 Å². The van der Waals surface area contributed by atoms with E-state index < -0.39 is 4.92 Å². The van der Waals surface area contributed by atoms with E-state index in [4.69, 9.17) is 21.1 Å². The highest BCUT2D eigenvalue weighted by Gasteiger charge is 2.17. The van der Waals surface area contributed by atoms with Gasteiger partial charge in [-0.1, -0.05) is 11.6 Å². The predicted octanol–water partition coefficient (Wildman–Crippen LogP) is 2.84. The van der Waals surface area contributed by atoms with Crippen LogP contribution in [-0.4, -0.2) is 22.2 Å². The molecular weight excluding hydrogens is 274 g/mol. The second-order valence-electron chi connectivity index (χ2n) is 3.39. The molecule has 0 spiro atoms. The number of nitrogens with zero attached hydrogens (tertiary/aromatic N) is 3.